The highest BCUT2D eigenvalue weighted by Crippen LogP contribution is 2.28. The molecule has 28 heavy (non-hydrogen) atoms. The van der Waals surface area contributed by atoms with Crippen molar-refractivity contribution in [1.82, 2.24) is 4.98 Å². The maximum Gasteiger partial charge on any atom is 0.335 e. The molecule has 0 unspecified atom stereocenters. The molecule has 1 heterocycles. The Kier molecular flexibility index (Phi) is 5.13. The first-order valence-electron chi connectivity index (χ1n) is 8.82. The molecule has 3 nitrogen and oxygen atoms in total. The summed E-state index contributed by atoms with van der Waals surface area (Å²) >= 11 is 1.60. The van der Waals surface area contributed by atoms with Gasteiger partial charge in [-0.3, -0.25) is 0 Å². The zero-order valence-corrected chi connectivity index (χ0v) is 15.8. The first kappa shape index (κ1) is 17.9. The SMILES string of the molecule is O=C(O)c1cccc(-c2cccc(-c3csc(/C=C/c4ccccc4)n3)c2)c1. The highest BCUT2D eigenvalue weighted by atomic mass is 32.1. The van der Waals surface area contributed by atoms with Crippen LogP contribution in [0.3, 0.4) is 0 Å². The molecule has 0 saturated carbocycles. The van der Waals surface area contributed by atoms with Gasteiger partial charge < -0.3 is 5.11 Å². The molecule has 1 N–H and O–H groups in total. The van der Waals surface area contributed by atoms with E-state index in [1.165, 1.54) is 0 Å². The number of aromatic carboxylic acids is 1. The molecule has 0 fully saturated rings. The molecule has 3 aromatic carbocycles. The fraction of sp³-hybridized carbons (Fsp3) is 0. The Balaban J connectivity index is 1.60. The minimum Gasteiger partial charge on any atom is -0.478 e. The van der Waals surface area contributed by atoms with Crippen LogP contribution in [0.4, 0.5) is 0 Å². The van der Waals surface area contributed by atoms with Gasteiger partial charge in [-0.15, -0.1) is 11.3 Å². The van der Waals surface area contributed by atoms with E-state index in [0.717, 1.165) is 33.0 Å². The zero-order chi connectivity index (χ0) is 19.3. The second-order valence-corrected chi connectivity index (χ2v) is 7.17. The number of rotatable bonds is 5. The number of hydrogen-bond acceptors (Lipinski definition) is 3. The first-order chi connectivity index (χ1) is 13.7. The quantitative estimate of drug-likeness (QED) is 0.437. The van der Waals surface area contributed by atoms with Crippen molar-refractivity contribution in [3.63, 3.8) is 0 Å². The summed E-state index contributed by atoms with van der Waals surface area (Å²) < 4.78 is 0. The lowest BCUT2D eigenvalue weighted by molar-refractivity contribution is 0.0697. The third-order valence-corrected chi connectivity index (χ3v) is 5.15. The van der Waals surface area contributed by atoms with E-state index in [1.807, 2.05) is 60.0 Å². The van der Waals surface area contributed by atoms with Gasteiger partial charge in [-0.1, -0.05) is 66.7 Å². The van der Waals surface area contributed by atoms with Gasteiger partial charge in [0.25, 0.3) is 0 Å². The summed E-state index contributed by atoms with van der Waals surface area (Å²) in [7, 11) is 0. The van der Waals surface area contributed by atoms with E-state index in [0.29, 0.717) is 0 Å². The van der Waals surface area contributed by atoms with Crippen molar-refractivity contribution in [1.29, 1.82) is 0 Å². The number of thiazole rings is 1. The summed E-state index contributed by atoms with van der Waals surface area (Å²) in [5.74, 6) is -0.924. The number of carboxylic acid groups (broad SMARTS) is 1. The van der Waals surface area contributed by atoms with E-state index in [1.54, 1.807) is 29.5 Å². The highest BCUT2D eigenvalue weighted by molar-refractivity contribution is 7.10. The van der Waals surface area contributed by atoms with Gasteiger partial charge in [0.05, 0.1) is 11.3 Å². The normalized spacial score (nSPS) is 11.0. The minimum atomic E-state index is -0.924. The van der Waals surface area contributed by atoms with E-state index >= 15 is 0 Å². The average Bonchev–Trinajstić information content (AvgIpc) is 3.22. The van der Waals surface area contributed by atoms with Gasteiger partial charge in [-0.2, -0.15) is 0 Å². The molecule has 0 aliphatic heterocycles. The predicted molar refractivity (Wildman–Crippen MR) is 115 cm³/mol. The van der Waals surface area contributed by atoms with Crippen LogP contribution in [0.15, 0.2) is 84.2 Å². The number of carbonyl (C=O) groups is 1. The fourth-order valence-corrected chi connectivity index (χ4v) is 3.64. The molecular formula is C24H17NO2S. The van der Waals surface area contributed by atoms with Crippen molar-refractivity contribution >= 4 is 29.5 Å². The molecule has 136 valence electrons. The fourth-order valence-electron chi connectivity index (χ4n) is 2.92. The number of nitrogens with zero attached hydrogens (tertiary/aromatic N) is 1. The minimum absolute atomic E-state index is 0.282. The van der Waals surface area contributed by atoms with E-state index in [-0.39, 0.29) is 5.56 Å². The van der Waals surface area contributed by atoms with Crippen molar-refractivity contribution in [3.8, 4) is 22.4 Å². The molecule has 0 saturated heterocycles. The Morgan fingerprint density at radius 3 is 2.32 bits per heavy atom. The van der Waals surface area contributed by atoms with Crippen LogP contribution in [-0.4, -0.2) is 16.1 Å². The number of aromatic nitrogens is 1. The molecule has 0 radical (unpaired) electrons. The van der Waals surface area contributed by atoms with Crippen molar-refractivity contribution in [3.05, 3.63) is 100 Å². The summed E-state index contributed by atoms with van der Waals surface area (Å²) in [5.41, 5.74) is 5.18. The lowest BCUT2D eigenvalue weighted by atomic mass is 10.0. The molecule has 0 aliphatic carbocycles. The zero-order valence-electron chi connectivity index (χ0n) is 14.9. The van der Waals surface area contributed by atoms with Crippen LogP contribution in [0.2, 0.25) is 0 Å². The Labute approximate surface area is 167 Å². The molecular weight excluding hydrogens is 366 g/mol. The summed E-state index contributed by atoms with van der Waals surface area (Å²) in [6.07, 6.45) is 4.07. The molecule has 0 amide bonds. The third kappa shape index (κ3) is 4.08. The highest BCUT2D eigenvalue weighted by Gasteiger charge is 2.08. The Bertz CT molecular complexity index is 1150. The maximum absolute atomic E-state index is 11.2. The van der Waals surface area contributed by atoms with Crippen molar-refractivity contribution < 1.29 is 9.90 Å². The molecule has 4 aromatic rings. The van der Waals surface area contributed by atoms with E-state index in [9.17, 15) is 9.90 Å². The van der Waals surface area contributed by atoms with Crippen LogP contribution in [-0.2, 0) is 0 Å². The topological polar surface area (TPSA) is 50.2 Å². The number of benzene rings is 3. The smallest absolute Gasteiger partial charge is 0.335 e. The van der Waals surface area contributed by atoms with Gasteiger partial charge in [0.2, 0.25) is 0 Å². The maximum atomic E-state index is 11.2. The van der Waals surface area contributed by atoms with Gasteiger partial charge in [0.15, 0.2) is 0 Å². The van der Waals surface area contributed by atoms with Crippen LogP contribution < -0.4 is 0 Å². The first-order valence-corrected chi connectivity index (χ1v) is 9.70. The number of carboxylic acids is 1. The molecule has 0 atom stereocenters. The Hall–Kier alpha value is -3.50. The van der Waals surface area contributed by atoms with Gasteiger partial charge in [-0.25, -0.2) is 9.78 Å². The lowest BCUT2D eigenvalue weighted by Gasteiger charge is -2.05. The van der Waals surface area contributed by atoms with E-state index < -0.39 is 5.97 Å². The van der Waals surface area contributed by atoms with Gasteiger partial charge in [0.1, 0.15) is 5.01 Å². The summed E-state index contributed by atoms with van der Waals surface area (Å²) in [5, 5.41) is 12.2. The van der Waals surface area contributed by atoms with Crippen molar-refractivity contribution in [2.75, 3.05) is 0 Å². The second-order valence-electron chi connectivity index (χ2n) is 6.28. The summed E-state index contributed by atoms with van der Waals surface area (Å²) in [6.45, 7) is 0. The number of hydrogen-bond donors (Lipinski definition) is 1. The van der Waals surface area contributed by atoms with Gasteiger partial charge in [0, 0.05) is 10.9 Å². The van der Waals surface area contributed by atoms with Crippen LogP contribution in [0.1, 0.15) is 20.9 Å². The average molecular weight is 383 g/mol. The van der Waals surface area contributed by atoms with Crippen LogP contribution in [0.25, 0.3) is 34.5 Å². The Morgan fingerprint density at radius 2 is 1.54 bits per heavy atom. The van der Waals surface area contributed by atoms with Crippen LogP contribution in [0, 0.1) is 0 Å². The van der Waals surface area contributed by atoms with Crippen molar-refractivity contribution in [2.24, 2.45) is 0 Å². The standard InChI is InChI=1S/C24H17NO2S/c26-24(27)21-11-5-9-19(15-21)18-8-4-10-20(14-18)22-16-28-23(25-22)13-12-17-6-2-1-3-7-17/h1-16H,(H,26,27)/b13-12+. The largest absolute Gasteiger partial charge is 0.478 e. The van der Waals surface area contributed by atoms with E-state index in [4.69, 9.17) is 4.98 Å². The molecule has 4 heteroatoms. The van der Waals surface area contributed by atoms with Crippen LogP contribution >= 0.6 is 11.3 Å². The van der Waals surface area contributed by atoms with Gasteiger partial charge >= 0.3 is 5.97 Å². The monoisotopic (exact) mass is 383 g/mol. The van der Waals surface area contributed by atoms with E-state index in [2.05, 4.69) is 18.2 Å². The summed E-state index contributed by atoms with van der Waals surface area (Å²) in [4.78, 5) is 15.9. The van der Waals surface area contributed by atoms with Gasteiger partial charge in [-0.05, 0) is 41.0 Å². The predicted octanol–water partition coefficient (Wildman–Crippen LogP) is 6.35. The molecule has 0 aliphatic rings. The van der Waals surface area contributed by atoms with Crippen LogP contribution in [0.5, 0.6) is 0 Å². The Morgan fingerprint density at radius 1 is 0.821 bits per heavy atom. The van der Waals surface area contributed by atoms with Crippen molar-refractivity contribution in [2.45, 2.75) is 0 Å². The third-order valence-electron chi connectivity index (χ3n) is 4.34. The molecule has 1 aromatic heterocycles. The lowest BCUT2D eigenvalue weighted by Crippen LogP contribution is -1.95. The molecule has 0 spiro atoms. The second kappa shape index (κ2) is 8.03. The molecule has 0 bridgehead atoms. The summed E-state index contributed by atoms with van der Waals surface area (Å²) in [6, 6.07) is 25.1. The molecule has 4 rings (SSSR count).